The predicted octanol–water partition coefficient (Wildman–Crippen LogP) is 1.01. The van der Waals surface area contributed by atoms with Gasteiger partial charge in [0.15, 0.2) is 0 Å². The lowest BCUT2D eigenvalue weighted by molar-refractivity contribution is -0.133. The molecule has 1 aliphatic heterocycles. The number of benzene rings is 1. The molecule has 0 spiro atoms. The summed E-state index contributed by atoms with van der Waals surface area (Å²) >= 11 is 0. The molecule has 3 amide bonds. The minimum Gasteiger partial charge on any atom is -0.368 e. The molecule has 1 atom stereocenters. The monoisotopic (exact) mass is 304 g/mol. The number of carbonyl (C=O) groups excluding carboxylic acids is 2. The Balaban J connectivity index is 1.97. The zero-order chi connectivity index (χ0) is 16.3. The third kappa shape index (κ3) is 3.50. The summed E-state index contributed by atoms with van der Waals surface area (Å²) in [4.78, 5) is 27.2. The van der Waals surface area contributed by atoms with Crippen LogP contribution in [0.15, 0.2) is 18.2 Å². The van der Waals surface area contributed by atoms with Crippen molar-refractivity contribution in [2.24, 2.45) is 5.73 Å². The zero-order valence-electron chi connectivity index (χ0n) is 13.4. The Morgan fingerprint density at radius 2 is 1.82 bits per heavy atom. The number of nitrogens with two attached hydrogens (primary N) is 1. The molecule has 1 unspecified atom stereocenters. The normalized spacial score (nSPS) is 16.3. The van der Waals surface area contributed by atoms with Crippen LogP contribution in [0, 0.1) is 13.8 Å². The number of anilines is 1. The van der Waals surface area contributed by atoms with Crippen LogP contribution in [0.4, 0.5) is 10.5 Å². The standard InChI is InChI=1S/C16H24N4O2/c1-11-5-4-6-14(12(11)2)19-7-9-20(10-8-19)15(21)13(3)18-16(17)22/h4-6,13H,7-10H2,1-3H3,(H3,17,18,22). The van der Waals surface area contributed by atoms with Gasteiger partial charge in [-0.3, -0.25) is 4.79 Å². The number of amides is 3. The van der Waals surface area contributed by atoms with Crippen molar-refractivity contribution in [2.75, 3.05) is 31.1 Å². The maximum atomic E-state index is 12.2. The Bertz CT molecular complexity index is 565. The summed E-state index contributed by atoms with van der Waals surface area (Å²) in [5, 5.41) is 2.43. The number of primary amides is 1. The molecular weight excluding hydrogens is 280 g/mol. The highest BCUT2D eigenvalue weighted by molar-refractivity contribution is 5.86. The molecule has 3 N–H and O–H groups in total. The van der Waals surface area contributed by atoms with Crippen molar-refractivity contribution in [3.05, 3.63) is 29.3 Å². The topological polar surface area (TPSA) is 78.7 Å². The molecule has 0 aromatic heterocycles. The van der Waals surface area contributed by atoms with E-state index in [0.29, 0.717) is 13.1 Å². The van der Waals surface area contributed by atoms with Crippen molar-refractivity contribution in [1.82, 2.24) is 10.2 Å². The van der Waals surface area contributed by atoms with E-state index in [0.717, 1.165) is 13.1 Å². The minimum atomic E-state index is -0.671. The summed E-state index contributed by atoms with van der Waals surface area (Å²) in [6.07, 6.45) is 0. The van der Waals surface area contributed by atoms with Crippen molar-refractivity contribution >= 4 is 17.6 Å². The quantitative estimate of drug-likeness (QED) is 0.874. The summed E-state index contributed by atoms with van der Waals surface area (Å²) in [6.45, 7) is 8.77. The molecule has 1 aromatic carbocycles. The van der Waals surface area contributed by atoms with Crippen LogP contribution in [-0.2, 0) is 4.79 Å². The molecule has 6 nitrogen and oxygen atoms in total. The smallest absolute Gasteiger partial charge is 0.312 e. The first-order valence-corrected chi connectivity index (χ1v) is 7.56. The van der Waals surface area contributed by atoms with Gasteiger partial charge in [0.25, 0.3) is 0 Å². The highest BCUT2D eigenvalue weighted by atomic mass is 16.2. The van der Waals surface area contributed by atoms with Crippen LogP contribution in [0.25, 0.3) is 0 Å². The highest BCUT2D eigenvalue weighted by Gasteiger charge is 2.26. The van der Waals surface area contributed by atoms with Gasteiger partial charge in [0, 0.05) is 31.9 Å². The molecule has 6 heteroatoms. The number of piperazine rings is 1. The van der Waals surface area contributed by atoms with Crippen molar-refractivity contribution in [3.63, 3.8) is 0 Å². The van der Waals surface area contributed by atoms with E-state index in [1.54, 1.807) is 11.8 Å². The van der Waals surface area contributed by atoms with Crippen LogP contribution in [0.5, 0.6) is 0 Å². The maximum absolute atomic E-state index is 12.2. The van der Waals surface area contributed by atoms with Gasteiger partial charge in [-0.05, 0) is 38.0 Å². The second-order valence-corrected chi connectivity index (χ2v) is 5.76. The van der Waals surface area contributed by atoms with Crippen LogP contribution < -0.4 is 16.0 Å². The number of urea groups is 1. The molecular formula is C16H24N4O2. The lowest BCUT2D eigenvalue weighted by Crippen LogP contribution is -2.54. The number of nitrogens with one attached hydrogen (secondary N) is 1. The van der Waals surface area contributed by atoms with Crippen LogP contribution in [0.1, 0.15) is 18.1 Å². The van der Waals surface area contributed by atoms with E-state index in [1.807, 2.05) is 0 Å². The number of hydrogen-bond acceptors (Lipinski definition) is 3. The van der Waals surface area contributed by atoms with Crippen molar-refractivity contribution in [3.8, 4) is 0 Å². The SMILES string of the molecule is Cc1cccc(N2CCN(C(=O)C(C)NC(N)=O)CC2)c1C. The molecule has 0 saturated carbocycles. The fourth-order valence-corrected chi connectivity index (χ4v) is 2.79. The molecule has 0 aliphatic carbocycles. The Hall–Kier alpha value is -2.24. The Morgan fingerprint density at radius 3 is 2.41 bits per heavy atom. The van der Waals surface area contributed by atoms with E-state index in [2.05, 4.69) is 42.3 Å². The van der Waals surface area contributed by atoms with E-state index in [9.17, 15) is 9.59 Å². The Morgan fingerprint density at radius 1 is 1.18 bits per heavy atom. The van der Waals surface area contributed by atoms with Crippen LogP contribution in [0.2, 0.25) is 0 Å². The molecule has 0 radical (unpaired) electrons. The third-order valence-corrected chi connectivity index (χ3v) is 4.24. The number of hydrogen-bond donors (Lipinski definition) is 2. The van der Waals surface area contributed by atoms with Gasteiger partial charge >= 0.3 is 6.03 Å². The van der Waals surface area contributed by atoms with E-state index in [1.165, 1.54) is 16.8 Å². The van der Waals surface area contributed by atoms with Crippen LogP contribution >= 0.6 is 0 Å². The number of rotatable bonds is 3. The molecule has 1 fully saturated rings. The molecule has 2 rings (SSSR count). The van der Waals surface area contributed by atoms with E-state index in [-0.39, 0.29) is 5.91 Å². The Labute approximate surface area is 131 Å². The van der Waals surface area contributed by atoms with Crippen molar-refractivity contribution < 1.29 is 9.59 Å². The van der Waals surface area contributed by atoms with Crippen molar-refractivity contribution in [1.29, 1.82) is 0 Å². The average Bonchev–Trinajstić information content (AvgIpc) is 2.49. The Kier molecular flexibility index (Phi) is 4.90. The number of aryl methyl sites for hydroxylation is 1. The van der Waals surface area contributed by atoms with E-state index in [4.69, 9.17) is 5.73 Å². The molecule has 1 saturated heterocycles. The first-order chi connectivity index (χ1) is 10.4. The first-order valence-electron chi connectivity index (χ1n) is 7.56. The fourth-order valence-electron chi connectivity index (χ4n) is 2.79. The molecule has 120 valence electrons. The van der Waals surface area contributed by atoms with Gasteiger partial charge in [0.05, 0.1) is 0 Å². The van der Waals surface area contributed by atoms with E-state index >= 15 is 0 Å². The summed E-state index contributed by atoms with van der Waals surface area (Å²) in [5.74, 6) is -0.0839. The van der Waals surface area contributed by atoms with Gasteiger partial charge in [-0.1, -0.05) is 12.1 Å². The maximum Gasteiger partial charge on any atom is 0.312 e. The van der Waals surface area contributed by atoms with Crippen LogP contribution in [0.3, 0.4) is 0 Å². The third-order valence-electron chi connectivity index (χ3n) is 4.24. The van der Waals surface area contributed by atoms with Gasteiger partial charge in [0.1, 0.15) is 6.04 Å². The molecule has 1 aliphatic rings. The second-order valence-electron chi connectivity index (χ2n) is 5.76. The number of carbonyl (C=O) groups is 2. The predicted molar refractivity (Wildman–Crippen MR) is 86.9 cm³/mol. The fraction of sp³-hybridized carbons (Fsp3) is 0.500. The summed E-state index contributed by atoms with van der Waals surface area (Å²) in [7, 11) is 0. The highest BCUT2D eigenvalue weighted by Crippen LogP contribution is 2.23. The lowest BCUT2D eigenvalue weighted by atomic mass is 10.1. The van der Waals surface area contributed by atoms with Gasteiger partial charge in [-0.2, -0.15) is 0 Å². The molecule has 22 heavy (non-hydrogen) atoms. The zero-order valence-corrected chi connectivity index (χ0v) is 13.4. The number of nitrogens with zero attached hydrogens (tertiary/aromatic N) is 2. The van der Waals surface area contributed by atoms with Gasteiger partial charge < -0.3 is 20.9 Å². The molecule has 1 aromatic rings. The van der Waals surface area contributed by atoms with Crippen molar-refractivity contribution in [2.45, 2.75) is 26.8 Å². The summed E-state index contributed by atoms with van der Waals surface area (Å²) in [6, 6.07) is 5.04. The first kappa shape index (κ1) is 16.1. The molecule has 0 bridgehead atoms. The average molecular weight is 304 g/mol. The minimum absolute atomic E-state index is 0.0839. The lowest BCUT2D eigenvalue weighted by Gasteiger charge is -2.38. The largest absolute Gasteiger partial charge is 0.368 e. The molecule has 1 heterocycles. The summed E-state index contributed by atoms with van der Waals surface area (Å²) in [5.41, 5.74) is 8.85. The second kappa shape index (κ2) is 6.68. The summed E-state index contributed by atoms with van der Waals surface area (Å²) < 4.78 is 0. The van der Waals surface area contributed by atoms with Gasteiger partial charge in [0.2, 0.25) is 5.91 Å². The van der Waals surface area contributed by atoms with Gasteiger partial charge in [-0.25, -0.2) is 4.79 Å². The van der Waals surface area contributed by atoms with E-state index < -0.39 is 12.1 Å². The van der Waals surface area contributed by atoms with Crippen LogP contribution in [-0.4, -0.2) is 49.1 Å². The van der Waals surface area contributed by atoms with Gasteiger partial charge in [-0.15, -0.1) is 0 Å².